The molecule has 0 unspecified atom stereocenters. The van der Waals surface area contributed by atoms with Gasteiger partial charge in [0.15, 0.2) is 0 Å². The second kappa shape index (κ2) is 4.51. The Bertz CT molecular complexity index is 396. The summed E-state index contributed by atoms with van der Waals surface area (Å²) in [6.07, 6.45) is 2.64. The fraction of sp³-hybridized carbons (Fsp3) is 0.692. The Balaban J connectivity index is 2.11. The van der Waals surface area contributed by atoms with Crippen molar-refractivity contribution in [1.29, 1.82) is 0 Å². The lowest BCUT2D eigenvalue weighted by atomic mass is 10.1. The van der Waals surface area contributed by atoms with Crippen LogP contribution in [-0.2, 0) is 0 Å². The van der Waals surface area contributed by atoms with Crippen molar-refractivity contribution in [3.63, 3.8) is 0 Å². The summed E-state index contributed by atoms with van der Waals surface area (Å²) >= 11 is 0. The molecule has 2 rings (SSSR count). The number of nitrogens with zero attached hydrogens (tertiary/aromatic N) is 2. The maximum atomic E-state index is 4.55. The standard InChI is InChI=1S/C13H22N4/c1-9(2)12-16-10(14-4)7-11(17-12)15-8-13(3)5-6-13/h7,9H,5-6,8H2,1-4H3,(H2,14,15,16,17). The molecule has 0 atom stereocenters. The van der Waals surface area contributed by atoms with Crippen LogP contribution in [0.1, 0.15) is 45.4 Å². The van der Waals surface area contributed by atoms with E-state index >= 15 is 0 Å². The third kappa shape index (κ3) is 3.08. The third-order valence-electron chi connectivity index (χ3n) is 3.32. The van der Waals surface area contributed by atoms with Gasteiger partial charge in [-0.1, -0.05) is 20.8 Å². The van der Waals surface area contributed by atoms with Crippen molar-refractivity contribution in [2.75, 3.05) is 24.2 Å². The largest absolute Gasteiger partial charge is 0.373 e. The van der Waals surface area contributed by atoms with Crippen LogP contribution in [0.5, 0.6) is 0 Å². The van der Waals surface area contributed by atoms with Crippen molar-refractivity contribution in [2.24, 2.45) is 5.41 Å². The van der Waals surface area contributed by atoms with Gasteiger partial charge in [0.2, 0.25) is 0 Å². The molecule has 1 aliphatic carbocycles. The van der Waals surface area contributed by atoms with E-state index in [-0.39, 0.29) is 0 Å². The summed E-state index contributed by atoms with van der Waals surface area (Å²) < 4.78 is 0. The average molecular weight is 234 g/mol. The highest BCUT2D eigenvalue weighted by Crippen LogP contribution is 2.44. The SMILES string of the molecule is CNc1cc(NCC2(C)CC2)nc(C(C)C)n1. The summed E-state index contributed by atoms with van der Waals surface area (Å²) in [6.45, 7) is 7.54. The lowest BCUT2D eigenvalue weighted by Gasteiger charge is -2.13. The number of rotatable bonds is 5. The van der Waals surface area contributed by atoms with Crippen LogP contribution in [0.4, 0.5) is 11.6 Å². The zero-order valence-corrected chi connectivity index (χ0v) is 11.2. The van der Waals surface area contributed by atoms with E-state index in [1.54, 1.807) is 0 Å². The lowest BCUT2D eigenvalue weighted by Crippen LogP contribution is -2.14. The van der Waals surface area contributed by atoms with E-state index in [4.69, 9.17) is 0 Å². The Kier molecular flexibility index (Phi) is 3.22. The number of hydrogen-bond acceptors (Lipinski definition) is 4. The molecule has 0 bridgehead atoms. The highest BCUT2D eigenvalue weighted by atomic mass is 15.1. The Morgan fingerprint density at radius 2 is 1.94 bits per heavy atom. The fourth-order valence-electron chi connectivity index (χ4n) is 1.64. The van der Waals surface area contributed by atoms with Gasteiger partial charge in [-0.25, -0.2) is 9.97 Å². The molecule has 0 radical (unpaired) electrons. The molecule has 0 aromatic carbocycles. The number of nitrogens with one attached hydrogen (secondary N) is 2. The average Bonchev–Trinajstić information content (AvgIpc) is 3.05. The van der Waals surface area contributed by atoms with Crippen LogP contribution in [0.3, 0.4) is 0 Å². The van der Waals surface area contributed by atoms with Crippen molar-refractivity contribution in [1.82, 2.24) is 9.97 Å². The normalized spacial score (nSPS) is 17.0. The second-order valence-corrected chi connectivity index (χ2v) is 5.57. The number of hydrogen-bond donors (Lipinski definition) is 2. The minimum atomic E-state index is 0.348. The maximum absolute atomic E-state index is 4.55. The first-order valence-electron chi connectivity index (χ1n) is 6.33. The van der Waals surface area contributed by atoms with E-state index in [9.17, 15) is 0 Å². The minimum Gasteiger partial charge on any atom is -0.373 e. The molecule has 4 nitrogen and oxygen atoms in total. The Morgan fingerprint density at radius 3 is 2.47 bits per heavy atom. The molecule has 1 heterocycles. The predicted molar refractivity (Wildman–Crippen MR) is 71.5 cm³/mol. The molecule has 17 heavy (non-hydrogen) atoms. The zero-order valence-electron chi connectivity index (χ0n) is 11.2. The number of aromatic nitrogens is 2. The highest BCUT2D eigenvalue weighted by Gasteiger charge is 2.36. The van der Waals surface area contributed by atoms with E-state index in [0.717, 1.165) is 24.0 Å². The first-order valence-corrected chi connectivity index (χ1v) is 6.33. The van der Waals surface area contributed by atoms with Crippen LogP contribution < -0.4 is 10.6 Å². The Hall–Kier alpha value is -1.32. The van der Waals surface area contributed by atoms with Crippen LogP contribution in [0.2, 0.25) is 0 Å². The van der Waals surface area contributed by atoms with Crippen molar-refractivity contribution in [3.05, 3.63) is 11.9 Å². The number of anilines is 2. The maximum Gasteiger partial charge on any atom is 0.135 e. The van der Waals surface area contributed by atoms with E-state index in [0.29, 0.717) is 11.3 Å². The quantitative estimate of drug-likeness (QED) is 0.822. The summed E-state index contributed by atoms with van der Waals surface area (Å²) in [5.41, 5.74) is 0.489. The van der Waals surface area contributed by atoms with Gasteiger partial charge in [-0.2, -0.15) is 0 Å². The fourth-order valence-corrected chi connectivity index (χ4v) is 1.64. The van der Waals surface area contributed by atoms with Crippen LogP contribution in [0, 0.1) is 5.41 Å². The molecule has 0 aliphatic heterocycles. The smallest absolute Gasteiger partial charge is 0.135 e. The molecular formula is C13H22N4. The summed E-state index contributed by atoms with van der Waals surface area (Å²) in [5.74, 6) is 3.05. The van der Waals surface area contributed by atoms with Crippen LogP contribution in [0.25, 0.3) is 0 Å². The molecule has 1 aromatic heterocycles. The van der Waals surface area contributed by atoms with Gasteiger partial charge in [0.25, 0.3) is 0 Å². The Morgan fingerprint density at radius 1 is 1.29 bits per heavy atom. The van der Waals surface area contributed by atoms with Crippen LogP contribution >= 0.6 is 0 Å². The van der Waals surface area contributed by atoms with E-state index < -0.39 is 0 Å². The predicted octanol–water partition coefficient (Wildman–Crippen LogP) is 2.85. The molecule has 0 saturated heterocycles. The van der Waals surface area contributed by atoms with Crippen LogP contribution in [0.15, 0.2) is 6.07 Å². The van der Waals surface area contributed by atoms with Crippen molar-refractivity contribution < 1.29 is 0 Å². The second-order valence-electron chi connectivity index (χ2n) is 5.57. The van der Waals surface area contributed by atoms with Gasteiger partial charge in [0.05, 0.1) is 0 Å². The molecule has 2 N–H and O–H groups in total. The molecule has 1 aliphatic rings. The molecular weight excluding hydrogens is 212 g/mol. The van der Waals surface area contributed by atoms with E-state index in [1.807, 2.05) is 13.1 Å². The van der Waals surface area contributed by atoms with Crippen molar-refractivity contribution in [2.45, 2.75) is 39.5 Å². The monoisotopic (exact) mass is 234 g/mol. The van der Waals surface area contributed by atoms with Crippen LogP contribution in [-0.4, -0.2) is 23.6 Å². The van der Waals surface area contributed by atoms with Gasteiger partial charge >= 0.3 is 0 Å². The molecule has 1 aromatic rings. The van der Waals surface area contributed by atoms with Crippen molar-refractivity contribution >= 4 is 11.6 Å². The first kappa shape index (κ1) is 12.1. The summed E-state index contributed by atoms with van der Waals surface area (Å²) in [7, 11) is 1.89. The van der Waals surface area contributed by atoms with Gasteiger partial charge in [0.1, 0.15) is 17.5 Å². The van der Waals surface area contributed by atoms with Gasteiger partial charge in [-0.05, 0) is 18.3 Å². The van der Waals surface area contributed by atoms with Gasteiger partial charge in [-0.15, -0.1) is 0 Å². The molecule has 1 fully saturated rings. The van der Waals surface area contributed by atoms with Gasteiger partial charge in [0, 0.05) is 25.6 Å². The zero-order chi connectivity index (χ0) is 12.5. The summed E-state index contributed by atoms with van der Waals surface area (Å²) in [6, 6.07) is 1.97. The summed E-state index contributed by atoms with van der Waals surface area (Å²) in [4.78, 5) is 9.00. The molecule has 0 spiro atoms. The highest BCUT2D eigenvalue weighted by molar-refractivity contribution is 5.47. The topological polar surface area (TPSA) is 49.8 Å². The third-order valence-corrected chi connectivity index (χ3v) is 3.32. The van der Waals surface area contributed by atoms with E-state index in [1.165, 1.54) is 12.8 Å². The van der Waals surface area contributed by atoms with Gasteiger partial charge in [-0.3, -0.25) is 0 Å². The van der Waals surface area contributed by atoms with E-state index in [2.05, 4.69) is 41.4 Å². The minimum absolute atomic E-state index is 0.348. The van der Waals surface area contributed by atoms with Crippen molar-refractivity contribution in [3.8, 4) is 0 Å². The van der Waals surface area contributed by atoms with Gasteiger partial charge < -0.3 is 10.6 Å². The summed E-state index contributed by atoms with van der Waals surface area (Å²) in [5, 5.41) is 6.51. The molecule has 0 amide bonds. The molecule has 4 heteroatoms. The molecule has 94 valence electrons. The molecule has 1 saturated carbocycles. The Labute approximate surface area is 103 Å². The first-order chi connectivity index (χ1) is 8.02. The lowest BCUT2D eigenvalue weighted by molar-refractivity contribution is 0.608.